The minimum Gasteiger partial charge on any atom is -0.384 e. The van der Waals surface area contributed by atoms with E-state index in [0.717, 1.165) is 39.0 Å². The largest absolute Gasteiger partial charge is 0.384 e. The Balaban J connectivity index is 2.64. The van der Waals surface area contributed by atoms with E-state index < -0.39 is 0 Å². The number of nitrogens with two attached hydrogens (primary N) is 1. The van der Waals surface area contributed by atoms with Crippen LogP contribution in [-0.4, -0.2) is 44.2 Å². The van der Waals surface area contributed by atoms with E-state index in [2.05, 4.69) is 13.8 Å². The Morgan fingerprint density at radius 3 is 2.59 bits per heavy atom. The van der Waals surface area contributed by atoms with Gasteiger partial charge in [0.15, 0.2) is 0 Å². The monoisotopic (exact) mass is 242 g/mol. The highest BCUT2D eigenvalue weighted by Crippen LogP contribution is 2.30. The molecule has 1 aliphatic heterocycles. The van der Waals surface area contributed by atoms with Crippen LogP contribution in [-0.2, 0) is 9.53 Å². The van der Waals surface area contributed by atoms with Crippen molar-refractivity contribution in [3.05, 3.63) is 0 Å². The first-order valence-electron chi connectivity index (χ1n) is 6.61. The Bertz CT molecular complexity index is 244. The highest BCUT2D eigenvalue weighted by molar-refractivity contribution is 5.83. The summed E-state index contributed by atoms with van der Waals surface area (Å²) in [6, 6.07) is 0. The van der Waals surface area contributed by atoms with E-state index in [1.54, 1.807) is 7.11 Å². The van der Waals surface area contributed by atoms with Gasteiger partial charge >= 0.3 is 0 Å². The van der Waals surface area contributed by atoms with Crippen LogP contribution in [0.2, 0.25) is 0 Å². The van der Waals surface area contributed by atoms with Crippen molar-refractivity contribution < 1.29 is 9.53 Å². The molecule has 0 saturated carbocycles. The molecular weight excluding hydrogens is 216 g/mol. The number of rotatable bonds is 6. The molecule has 4 heteroatoms. The third-order valence-corrected chi connectivity index (χ3v) is 4.17. The number of hydrogen-bond acceptors (Lipinski definition) is 3. The number of nitrogens with zero attached hydrogens (tertiary/aromatic N) is 1. The number of methoxy groups -OCH3 is 1. The second kappa shape index (κ2) is 6.36. The third kappa shape index (κ3) is 2.99. The minimum absolute atomic E-state index is 0.239. The Hall–Kier alpha value is -0.610. The molecule has 1 heterocycles. The van der Waals surface area contributed by atoms with Gasteiger partial charge in [0, 0.05) is 32.7 Å². The molecule has 100 valence electrons. The molecule has 0 aromatic rings. The van der Waals surface area contributed by atoms with Gasteiger partial charge in [-0.3, -0.25) is 4.79 Å². The van der Waals surface area contributed by atoms with Crippen molar-refractivity contribution in [1.82, 2.24) is 4.90 Å². The molecule has 0 aromatic carbocycles. The highest BCUT2D eigenvalue weighted by atomic mass is 16.5. The molecule has 1 rings (SSSR count). The first-order chi connectivity index (χ1) is 8.13. The van der Waals surface area contributed by atoms with E-state index in [0.29, 0.717) is 12.5 Å². The lowest BCUT2D eigenvalue weighted by molar-refractivity contribution is -0.141. The summed E-state index contributed by atoms with van der Waals surface area (Å²) < 4.78 is 5.16. The van der Waals surface area contributed by atoms with Crippen LogP contribution in [0.25, 0.3) is 0 Å². The molecule has 1 amide bonds. The van der Waals surface area contributed by atoms with E-state index in [1.807, 2.05) is 4.90 Å². The lowest BCUT2D eigenvalue weighted by atomic mass is 9.81. The fourth-order valence-corrected chi connectivity index (χ4v) is 2.65. The first-order valence-corrected chi connectivity index (χ1v) is 6.61. The maximum atomic E-state index is 12.5. The SMILES string of the molecule is CCC(CC)(CN)C(=O)N1CCC(COC)C1. The maximum absolute atomic E-state index is 12.5. The predicted octanol–water partition coefficient (Wildman–Crippen LogP) is 1.25. The number of ether oxygens (including phenoxy) is 1. The molecule has 0 aliphatic carbocycles. The summed E-state index contributed by atoms with van der Waals surface area (Å²) in [6.07, 6.45) is 2.70. The topological polar surface area (TPSA) is 55.6 Å². The molecule has 0 bridgehead atoms. The molecule has 1 aliphatic rings. The van der Waals surface area contributed by atoms with Crippen LogP contribution < -0.4 is 5.73 Å². The number of hydrogen-bond donors (Lipinski definition) is 1. The van der Waals surface area contributed by atoms with Crippen molar-refractivity contribution >= 4 is 5.91 Å². The molecule has 17 heavy (non-hydrogen) atoms. The van der Waals surface area contributed by atoms with Gasteiger partial charge in [0.25, 0.3) is 0 Å². The van der Waals surface area contributed by atoms with Gasteiger partial charge in [0.2, 0.25) is 5.91 Å². The zero-order chi connectivity index (χ0) is 12.9. The predicted molar refractivity (Wildman–Crippen MR) is 68.6 cm³/mol. The lowest BCUT2D eigenvalue weighted by Gasteiger charge is -2.33. The van der Waals surface area contributed by atoms with E-state index in [4.69, 9.17) is 10.5 Å². The Morgan fingerprint density at radius 2 is 2.12 bits per heavy atom. The van der Waals surface area contributed by atoms with Gasteiger partial charge < -0.3 is 15.4 Å². The number of likely N-dealkylation sites (tertiary alicyclic amines) is 1. The third-order valence-electron chi connectivity index (χ3n) is 4.17. The first kappa shape index (κ1) is 14.5. The smallest absolute Gasteiger partial charge is 0.230 e. The number of carbonyl (C=O) groups excluding carboxylic acids is 1. The second-order valence-electron chi connectivity index (χ2n) is 5.05. The average molecular weight is 242 g/mol. The lowest BCUT2D eigenvalue weighted by Crippen LogP contribution is -2.46. The molecule has 1 fully saturated rings. The fourth-order valence-electron chi connectivity index (χ4n) is 2.65. The van der Waals surface area contributed by atoms with Crippen molar-refractivity contribution in [2.45, 2.75) is 33.1 Å². The molecule has 2 N–H and O–H groups in total. The van der Waals surface area contributed by atoms with Gasteiger partial charge in [-0.2, -0.15) is 0 Å². The summed E-state index contributed by atoms with van der Waals surface area (Å²) >= 11 is 0. The van der Waals surface area contributed by atoms with Crippen LogP contribution in [0.15, 0.2) is 0 Å². The standard InChI is InChI=1S/C13H26N2O2/c1-4-13(5-2,10-14)12(16)15-7-6-11(8-15)9-17-3/h11H,4-10,14H2,1-3H3. The van der Waals surface area contributed by atoms with Crippen molar-refractivity contribution in [2.75, 3.05) is 33.4 Å². The van der Waals surface area contributed by atoms with Crippen LogP contribution in [0, 0.1) is 11.3 Å². The van der Waals surface area contributed by atoms with Crippen molar-refractivity contribution in [3.8, 4) is 0 Å². The quantitative estimate of drug-likeness (QED) is 0.762. The van der Waals surface area contributed by atoms with Gasteiger partial charge in [-0.1, -0.05) is 13.8 Å². The van der Waals surface area contributed by atoms with Gasteiger partial charge in [-0.15, -0.1) is 0 Å². The Labute approximate surface area is 104 Å². The molecule has 1 atom stereocenters. The zero-order valence-electron chi connectivity index (χ0n) is 11.4. The summed E-state index contributed by atoms with van der Waals surface area (Å²) in [7, 11) is 1.72. The minimum atomic E-state index is -0.345. The molecule has 0 aromatic heterocycles. The Morgan fingerprint density at radius 1 is 1.47 bits per heavy atom. The number of amides is 1. The van der Waals surface area contributed by atoms with E-state index in [9.17, 15) is 4.79 Å². The molecule has 0 radical (unpaired) electrons. The van der Waals surface area contributed by atoms with Crippen LogP contribution >= 0.6 is 0 Å². The van der Waals surface area contributed by atoms with Crippen LogP contribution in [0.3, 0.4) is 0 Å². The molecule has 1 saturated heterocycles. The van der Waals surface area contributed by atoms with Gasteiger partial charge in [-0.25, -0.2) is 0 Å². The van der Waals surface area contributed by atoms with E-state index >= 15 is 0 Å². The Kier molecular flexibility index (Phi) is 5.40. The molecular formula is C13H26N2O2. The van der Waals surface area contributed by atoms with Gasteiger partial charge in [0.1, 0.15) is 0 Å². The summed E-state index contributed by atoms with van der Waals surface area (Å²) in [6.45, 7) is 6.99. The second-order valence-corrected chi connectivity index (χ2v) is 5.05. The molecule has 0 spiro atoms. The average Bonchev–Trinajstić information content (AvgIpc) is 2.81. The van der Waals surface area contributed by atoms with Crippen molar-refractivity contribution in [1.29, 1.82) is 0 Å². The maximum Gasteiger partial charge on any atom is 0.230 e. The summed E-state index contributed by atoms with van der Waals surface area (Å²) in [5, 5.41) is 0. The summed E-state index contributed by atoms with van der Waals surface area (Å²) in [5.41, 5.74) is 5.47. The van der Waals surface area contributed by atoms with Gasteiger partial charge in [0.05, 0.1) is 12.0 Å². The summed E-state index contributed by atoms with van der Waals surface area (Å²) in [4.78, 5) is 14.5. The van der Waals surface area contributed by atoms with E-state index in [1.165, 1.54) is 0 Å². The molecule has 1 unspecified atom stereocenters. The van der Waals surface area contributed by atoms with Crippen LogP contribution in [0.1, 0.15) is 33.1 Å². The fraction of sp³-hybridized carbons (Fsp3) is 0.923. The van der Waals surface area contributed by atoms with Crippen LogP contribution in [0.5, 0.6) is 0 Å². The van der Waals surface area contributed by atoms with Crippen LogP contribution in [0.4, 0.5) is 0 Å². The van der Waals surface area contributed by atoms with Crippen molar-refractivity contribution in [3.63, 3.8) is 0 Å². The normalized spacial score (nSPS) is 20.9. The van der Waals surface area contributed by atoms with E-state index in [-0.39, 0.29) is 11.3 Å². The zero-order valence-corrected chi connectivity index (χ0v) is 11.4. The van der Waals surface area contributed by atoms with Crippen molar-refractivity contribution in [2.24, 2.45) is 17.1 Å². The highest BCUT2D eigenvalue weighted by Gasteiger charge is 2.39. The molecule has 4 nitrogen and oxygen atoms in total. The summed E-state index contributed by atoms with van der Waals surface area (Å²) in [5.74, 6) is 0.733. The number of carbonyl (C=O) groups is 1. The van der Waals surface area contributed by atoms with Gasteiger partial charge in [-0.05, 0) is 19.3 Å².